The Morgan fingerprint density at radius 2 is 1.15 bits per heavy atom. The summed E-state index contributed by atoms with van der Waals surface area (Å²) in [5, 5.41) is 3.29. The molecule has 1 fully saturated rings. The van der Waals surface area contributed by atoms with E-state index in [-0.39, 0.29) is 18.2 Å². The number of hydrogen-bond donors (Lipinski definition) is 1. The average Bonchev–Trinajstić information content (AvgIpc) is 2.66. The van der Waals surface area contributed by atoms with Crippen molar-refractivity contribution in [2.45, 2.75) is 0 Å². The molecule has 0 aliphatic carbocycles. The number of carbonyl (C=O) groups is 1. The molecule has 136 valence electrons. The maximum absolute atomic E-state index is 12.8. The molecular formula is C21H22ClNO3. The Kier molecular flexibility index (Phi) is 7.01. The second-order valence-corrected chi connectivity index (χ2v) is 5.82. The predicted octanol–water partition coefficient (Wildman–Crippen LogP) is 3.76. The van der Waals surface area contributed by atoms with Crippen molar-refractivity contribution < 1.29 is 14.3 Å². The predicted molar refractivity (Wildman–Crippen MR) is 107 cm³/mol. The number of halogens is 1. The number of rotatable bonds is 4. The minimum atomic E-state index is 0. The Morgan fingerprint density at radius 1 is 0.769 bits per heavy atom. The SMILES string of the molecule is COc1ccc(C=C2CNCC(=Cc3ccc(OC)cc3)C2=O)cc1.Cl. The van der Waals surface area contributed by atoms with Gasteiger partial charge in [-0.2, -0.15) is 0 Å². The number of benzene rings is 2. The highest BCUT2D eigenvalue weighted by Crippen LogP contribution is 2.20. The van der Waals surface area contributed by atoms with E-state index < -0.39 is 0 Å². The van der Waals surface area contributed by atoms with E-state index in [0.717, 1.165) is 33.8 Å². The molecule has 0 atom stereocenters. The van der Waals surface area contributed by atoms with E-state index in [1.807, 2.05) is 60.7 Å². The van der Waals surface area contributed by atoms with Gasteiger partial charge in [0.25, 0.3) is 0 Å². The van der Waals surface area contributed by atoms with Crippen LogP contribution in [-0.4, -0.2) is 33.1 Å². The van der Waals surface area contributed by atoms with Crippen molar-refractivity contribution in [2.24, 2.45) is 0 Å². The summed E-state index contributed by atoms with van der Waals surface area (Å²) in [4.78, 5) is 12.8. The number of carbonyl (C=O) groups excluding carboxylic acids is 1. The van der Waals surface area contributed by atoms with Crippen LogP contribution in [-0.2, 0) is 4.79 Å². The summed E-state index contributed by atoms with van der Waals surface area (Å²) < 4.78 is 10.3. The van der Waals surface area contributed by atoms with E-state index in [1.165, 1.54) is 0 Å². The minimum absolute atomic E-state index is 0. The Morgan fingerprint density at radius 3 is 1.50 bits per heavy atom. The van der Waals surface area contributed by atoms with Crippen molar-refractivity contribution in [3.63, 3.8) is 0 Å². The zero-order chi connectivity index (χ0) is 17.6. The van der Waals surface area contributed by atoms with Crippen LogP contribution in [0, 0.1) is 0 Å². The van der Waals surface area contributed by atoms with Crippen molar-refractivity contribution in [3.05, 3.63) is 70.8 Å². The number of ether oxygens (including phenoxy) is 2. The molecule has 0 unspecified atom stereocenters. The van der Waals surface area contributed by atoms with Crippen molar-refractivity contribution in [3.8, 4) is 11.5 Å². The smallest absolute Gasteiger partial charge is 0.187 e. The summed E-state index contributed by atoms with van der Waals surface area (Å²) in [5.74, 6) is 1.69. The van der Waals surface area contributed by atoms with Gasteiger partial charge in [0.05, 0.1) is 14.2 Å². The van der Waals surface area contributed by atoms with Gasteiger partial charge in [-0.1, -0.05) is 24.3 Å². The zero-order valence-electron chi connectivity index (χ0n) is 14.8. The average molecular weight is 372 g/mol. The lowest BCUT2D eigenvalue weighted by atomic mass is 9.95. The highest BCUT2D eigenvalue weighted by atomic mass is 35.5. The van der Waals surface area contributed by atoms with Crippen LogP contribution in [0.15, 0.2) is 59.7 Å². The van der Waals surface area contributed by atoms with E-state index in [9.17, 15) is 4.79 Å². The quantitative estimate of drug-likeness (QED) is 0.831. The zero-order valence-corrected chi connectivity index (χ0v) is 15.6. The van der Waals surface area contributed by atoms with Gasteiger partial charge in [0.15, 0.2) is 5.78 Å². The molecule has 3 rings (SSSR count). The molecule has 1 aliphatic rings. The topological polar surface area (TPSA) is 47.6 Å². The van der Waals surface area contributed by atoms with Crippen LogP contribution in [0.1, 0.15) is 11.1 Å². The molecule has 4 nitrogen and oxygen atoms in total. The van der Waals surface area contributed by atoms with Crippen LogP contribution in [0.5, 0.6) is 11.5 Å². The number of ketones is 1. The number of hydrogen-bond acceptors (Lipinski definition) is 4. The molecule has 26 heavy (non-hydrogen) atoms. The van der Waals surface area contributed by atoms with E-state index in [1.54, 1.807) is 14.2 Å². The largest absolute Gasteiger partial charge is 0.497 e. The van der Waals surface area contributed by atoms with Gasteiger partial charge in [-0.05, 0) is 47.5 Å². The van der Waals surface area contributed by atoms with E-state index in [0.29, 0.717) is 13.1 Å². The molecule has 2 aromatic carbocycles. The molecule has 0 saturated carbocycles. The highest BCUT2D eigenvalue weighted by Gasteiger charge is 2.20. The van der Waals surface area contributed by atoms with Gasteiger partial charge in [0.2, 0.25) is 0 Å². The number of methoxy groups -OCH3 is 2. The molecule has 0 amide bonds. The second kappa shape index (κ2) is 9.22. The lowest BCUT2D eigenvalue weighted by Crippen LogP contribution is -2.32. The molecule has 0 bridgehead atoms. The fourth-order valence-corrected chi connectivity index (χ4v) is 2.73. The van der Waals surface area contributed by atoms with Crippen molar-refractivity contribution >= 4 is 30.3 Å². The van der Waals surface area contributed by atoms with Gasteiger partial charge < -0.3 is 14.8 Å². The van der Waals surface area contributed by atoms with Crippen LogP contribution in [0.4, 0.5) is 0 Å². The van der Waals surface area contributed by atoms with Crippen molar-refractivity contribution in [1.29, 1.82) is 0 Å². The van der Waals surface area contributed by atoms with Crippen LogP contribution in [0.2, 0.25) is 0 Å². The summed E-state index contributed by atoms with van der Waals surface area (Å²) in [5.41, 5.74) is 3.49. The van der Waals surface area contributed by atoms with Gasteiger partial charge in [-0.3, -0.25) is 4.79 Å². The Labute approximate surface area is 159 Å². The first-order valence-corrected chi connectivity index (χ1v) is 8.14. The van der Waals surface area contributed by atoms with Crippen molar-refractivity contribution in [2.75, 3.05) is 27.3 Å². The van der Waals surface area contributed by atoms with Gasteiger partial charge >= 0.3 is 0 Å². The maximum Gasteiger partial charge on any atom is 0.187 e. The molecule has 1 saturated heterocycles. The molecule has 1 heterocycles. The summed E-state index contributed by atoms with van der Waals surface area (Å²) in [6, 6.07) is 15.3. The monoisotopic (exact) mass is 371 g/mol. The molecule has 0 radical (unpaired) electrons. The summed E-state index contributed by atoms with van der Waals surface area (Å²) >= 11 is 0. The van der Waals surface area contributed by atoms with Gasteiger partial charge in [-0.15, -0.1) is 12.4 Å². The van der Waals surface area contributed by atoms with Crippen LogP contribution in [0.25, 0.3) is 12.2 Å². The molecule has 1 aliphatic heterocycles. The Balaban J connectivity index is 0.00000243. The van der Waals surface area contributed by atoms with E-state index >= 15 is 0 Å². The number of Topliss-reactive ketones (excluding diaryl/α,β-unsaturated/α-hetero) is 1. The standard InChI is InChI=1S/C21H21NO3.ClH/c1-24-19-7-3-15(4-8-19)11-17-13-22-14-18(21(17)23)12-16-5-9-20(25-2)10-6-16;/h3-12,22H,13-14H2,1-2H3;1H. The number of piperidine rings is 1. The Hall–Kier alpha value is -2.56. The normalized spacial score (nSPS) is 17.1. The molecule has 2 aromatic rings. The van der Waals surface area contributed by atoms with Crippen molar-refractivity contribution in [1.82, 2.24) is 5.32 Å². The maximum atomic E-state index is 12.8. The first kappa shape index (κ1) is 19.8. The minimum Gasteiger partial charge on any atom is -0.497 e. The number of nitrogens with one attached hydrogen (secondary N) is 1. The first-order chi connectivity index (χ1) is 12.2. The molecule has 5 heteroatoms. The highest BCUT2D eigenvalue weighted by molar-refractivity contribution is 6.14. The lowest BCUT2D eigenvalue weighted by Gasteiger charge is -2.18. The fraction of sp³-hybridized carbons (Fsp3) is 0.190. The van der Waals surface area contributed by atoms with E-state index in [4.69, 9.17) is 9.47 Å². The van der Waals surface area contributed by atoms with Gasteiger partial charge in [-0.25, -0.2) is 0 Å². The first-order valence-electron chi connectivity index (χ1n) is 8.14. The van der Waals surface area contributed by atoms with Crippen LogP contribution >= 0.6 is 12.4 Å². The fourth-order valence-electron chi connectivity index (χ4n) is 2.73. The molecule has 0 spiro atoms. The third-order valence-corrected chi connectivity index (χ3v) is 4.13. The van der Waals surface area contributed by atoms with Gasteiger partial charge in [0, 0.05) is 24.2 Å². The van der Waals surface area contributed by atoms with Gasteiger partial charge in [0.1, 0.15) is 11.5 Å². The third-order valence-electron chi connectivity index (χ3n) is 4.13. The van der Waals surface area contributed by atoms with E-state index in [2.05, 4.69) is 5.32 Å². The third kappa shape index (κ3) is 4.75. The molecule has 1 N–H and O–H groups in total. The molecular weight excluding hydrogens is 350 g/mol. The molecule has 0 aromatic heterocycles. The lowest BCUT2D eigenvalue weighted by molar-refractivity contribution is -0.112. The summed E-state index contributed by atoms with van der Waals surface area (Å²) in [6.07, 6.45) is 3.85. The Bertz CT molecular complexity index is 741. The summed E-state index contributed by atoms with van der Waals surface area (Å²) in [7, 11) is 3.27. The van der Waals surface area contributed by atoms with Crippen LogP contribution < -0.4 is 14.8 Å². The van der Waals surface area contributed by atoms with Crippen LogP contribution in [0.3, 0.4) is 0 Å². The second-order valence-electron chi connectivity index (χ2n) is 5.82. The summed E-state index contributed by atoms with van der Waals surface area (Å²) in [6.45, 7) is 1.15.